The van der Waals surface area contributed by atoms with Gasteiger partial charge in [-0.05, 0) is 0 Å². The Labute approximate surface area is 60.5 Å². The molecule has 0 saturated carbocycles. The second-order valence-corrected chi connectivity index (χ2v) is 1.14. The number of rotatable bonds is 0. The van der Waals surface area contributed by atoms with E-state index in [9.17, 15) is 22.8 Å². The molecule has 0 aliphatic carbocycles. The van der Waals surface area contributed by atoms with Crippen LogP contribution in [0.1, 0.15) is 0 Å². The Bertz CT molecular complexity index is 164. The van der Waals surface area contributed by atoms with Gasteiger partial charge in [-0.15, -0.1) is 13.2 Å². The van der Waals surface area contributed by atoms with Gasteiger partial charge in [0.1, 0.15) is 0 Å². The van der Waals surface area contributed by atoms with Gasteiger partial charge in [-0.1, -0.05) is 0 Å². The Morgan fingerprint density at radius 3 is 1.73 bits per heavy atom. The molecule has 0 atom stereocenters. The van der Waals surface area contributed by atoms with Crippen LogP contribution >= 0.6 is 0 Å². The van der Waals surface area contributed by atoms with E-state index in [2.05, 4.69) is 4.74 Å². The minimum Gasteiger partial charge on any atom is -0.473 e. The van der Waals surface area contributed by atoms with E-state index < -0.39 is 18.3 Å². The van der Waals surface area contributed by atoms with Gasteiger partial charge in [0.25, 0.3) is 0 Å². The number of carbonyl (C=O) groups excluding carboxylic acids is 1. The van der Waals surface area contributed by atoms with Crippen LogP contribution in [0.15, 0.2) is 0 Å². The van der Waals surface area contributed by atoms with Crippen LogP contribution in [0, 0.1) is 0 Å². The molecule has 64 valence electrons. The maximum absolute atomic E-state index is 11.0. The number of ether oxygens (including phenoxy) is 1. The molecule has 0 heterocycles. The van der Waals surface area contributed by atoms with Crippen molar-refractivity contribution in [3.05, 3.63) is 0 Å². The average molecular weight is 172 g/mol. The van der Waals surface area contributed by atoms with Crippen LogP contribution in [0.4, 0.5) is 13.2 Å². The van der Waals surface area contributed by atoms with E-state index in [0.717, 1.165) is 0 Å². The van der Waals surface area contributed by atoms with Gasteiger partial charge in [0.05, 0.1) is 8.41 Å². The molecule has 1 N–H and O–H groups in total. The van der Waals surface area contributed by atoms with Gasteiger partial charge >= 0.3 is 18.3 Å². The summed E-state index contributed by atoms with van der Waals surface area (Å²) >= 11 is 0. The first-order chi connectivity index (χ1) is 4.33. The fourth-order valence-electron chi connectivity index (χ4n) is 0.149. The molecule has 11 heavy (non-hydrogen) atoms. The minimum atomic E-state index is -5.23. The number of halogens is 3. The number of carboxylic acid groups (broad SMARTS) is 1. The number of hydrogen-bond donors (Lipinski definition) is 1. The fraction of sp³-hybridized carbons (Fsp3) is 0.333. The summed E-state index contributed by atoms with van der Waals surface area (Å²) in [6.07, 6.45) is -5.23. The molecule has 0 radical (unpaired) electrons. The molecule has 0 fully saturated rings. The van der Waals surface area contributed by atoms with E-state index in [1.807, 2.05) is 0 Å². The molecule has 8 heteroatoms. The maximum Gasteiger partial charge on any atom is 0.575 e. The van der Waals surface area contributed by atoms with Gasteiger partial charge in [-0.25, -0.2) is 9.59 Å². The Hall–Kier alpha value is -1.21. The van der Waals surface area contributed by atoms with Crippen molar-refractivity contribution < 1.29 is 32.6 Å². The third kappa shape index (κ3) is 6.68. The van der Waals surface area contributed by atoms with Gasteiger partial charge in [-0.3, -0.25) is 0 Å². The third-order valence-corrected chi connectivity index (χ3v) is 0.383. The Kier molecular flexibility index (Phi) is 4.35. The summed E-state index contributed by atoms with van der Waals surface area (Å²) in [4.78, 5) is 19.0. The molecule has 0 aliphatic rings. The monoisotopic (exact) mass is 172 g/mol. The third-order valence-electron chi connectivity index (χ3n) is 0.383. The zero-order valence-corrected chi connectivity index (χ0v) is 4.31. The topological polar surface area (TPSA) is 63.6 Å². The first-order valence-corrected chi connectivity index (χ1v) is 1.86. The number of hydrogen-bond acceptors (Lipinski definition) is 3. The lowest BCUT2D eigenvalue weighted by atomic mass is 10.7. The second kappa shape index (κ2) is 3.84. The quantitative estimate of drug-likeness (QED) is 0.287. The predicted octanol–water partition coefficient (Wildman–Crippen LogP) is -1.05. The second-order valence-electron chi connectivity index (χ2n) is 1.14. The van der Waals surface area contributed by atoms with E-state index in [-0.39, 0.29) is 8.41 Å². The highest BCUT2D eigenvalue weighted by Gasteiger charge is 2.36. The molecular formula is C3H4BF3O4. The van der Waals surface area contributed by atoms with Crippen molar-refractivity contribution in [2.45, 2.75) is 6.36 Å². The summed E-state index contributed by atoms with van der Waals surface area (Å²) in [6, 6.07) is 0. The highest BCUT2D eigenvalue weighted by Crippen LogP contribution is 2.15. The Morgan fingerprint density at radius 1 is 1.27 bits per heavy atom. The molecule has 0 saturated heterocycles. The number of esters is 1. The van der Waals surface area contributed by atoms with E-state index in [0.29, 0.717) is 0 Å². The zero-order valence-electron chi connectivity index (χ0n) is 4.31. The van der Waals surface area contributed by atoms with Crippen LogP contribution in [0.3, 0.4) is 0 Å². The number of alkyl halides is 3. The minimum absolute atomic E-state index is 0. The van der Waals surface area contributed by atoms with Gasteiger partial charge in [0.15, 0.2) is 0 Å². The molecule has 0 aromatic rings. The zero-order chi connectivity index (χ0) is 8.36. The van der Waals surface area contributed by atoms with Crippen molar-refractivity contribution in [2.24, 2.45) is 0 Å². The number of carboxylic acids is 1. The predicted molar refractivity (Wildman–Crippen MR) is 29.7 cm³/mol. The Balaban J connectivity index is 0. The van der Waals surface area contributed by atoms with Gasteiger partial charge in [0, 0.05) is 0 Å². The van der Waals surface area contributed by atoms with Crippen molar-refractivity contribution in [3.8, 4) is 0 Å². The summed E-state index contributed by atoms with van der Waals surface area (Å²) in [5.41, 5.74) is 0. The van der Waals surface area contributed by atoms with Crippen molar-refractivity contribution >= 4 is 20.4 Å². The molecule has 0 bridgehead atoms. The van der Waals surface area contributed by atoms with Crippen LogP contribution in [-0.4, -0.2) is 31.8 Å². The van der Waals surface area contributed by atoms with Crippen LogP contribution in [0.5, 0.6) is 0 Å². The van der Waals surface area contributed by atoms with Crippen molar-refractivity contribution in [1.82, 2.24) is 0 Å². The Morgan fingerprint density at radius 2 is 1.64 bits per heavy atom. The largest absolute Gasteiger partial charge is 0.575 e. The normalized spacial score (nSPS) is 9.73. The lowest BCUT2D eigenvalue weighted by Gasteiger charge is -2.02. The van der Waals surface area contributed by atoms with Crippen molar-refractivity contribution in [3.63, 3.8) is 0 Å². The highest BCUT2D eigenvalue weighted by molar-refractivity contribution is 6.28. The molecule has 4 nitrogen and oxygen atoms in total. The standard InChI is InChI=1S/C3HF3O4.BH3/c4-3(5,6)10-2(9)1(7)8;/h(H,7,8);1H3. The van der Waals surface area contributed by atoms with Crippen LogP contribution < -0.4 is 0 Å². The van der Waals surface area contributed by atoms with Gasteiger partial charge < -0.3 is 9.84 Å². The molecule has 0 spiro atoms. The van der Waals surface area contributed by atoms with Crippen LogP contribution in [-0.2, 0) is 14.3 Å². The van der Waals surface area contributed by atoms with E-state index in [1.165, 1.54) is 0 Å². The van der Waals surface area contributed by atoms with Crippen molar-refractivity contribution in [1.29, 1.82) is 0 Å². The van der Waals surface area contributed by atoms with E-state index >= 15 is 0 Å². The average Bonchev–Trinajstić information content (AvgIpc) is 1.60. The lowest BCUT2D eigenvalue weighted by molar-refractivity contribution is -0.305. The van der Waals surface area contributed by atoms with Crippen LogP contribution in [0.2, 0.25) is 0 Å². The first kappa shape index (κ1) is 12.5. The van der Waals surface area contributed by atoms with E-state index in [4.69, 9.17) is 5.11 Å². The van der Waals surface area contributed by atoms with Crippen molar-refractivity contribution in [2.75, 3.05) is 0 Å². The SMILES string of the molecule is B.O=C(O)C(=O)OC(F)(F)F. The lowest BCUT2D eigenvalue weighted by Crippen LogP contribution is -2.25. The molecule has 0 amide bonds. The van der Waals surface area contributed by atoms with Crippen LogP contribution in [0.25, 0.3) is 0 Å². The highest BCUT2D eigenvalue weighted by atomic mass is 19.4. The summed E-state index contributed by atoms with van der Waals surface area (Å²) < 4.78 is 35.3. The first-order valence-electron chi connectivity index (χ1n) is 1.86. The smallest absolute Gasteiger partial charge is 0.473 e. The molecule has 0 aromatic heterocycles. The molecular weight excluding hydrogens is 168 g/mol. The van der Waals surface area contributed by atoms with Gasteiger partial charge in [-0.2, -0.15) is 0 Å². The molecule has 0 rings (SSSR count). The summed E-state index contributed by atoms with van der Waals surface area (Å²) in [5.74, 6) is -4.62. The fourth-order valence-corrected chi connectivity index (χ4v) is 0.149. The summed E-state index contributed by atoms with van der Waals surface area (Å²) in [5, 5.41) is 7.57. The van der Waals surface area contributed by atoms with Gasteiger partial charge in [0.2, 0.25) is 0 Å². The summed E-state index contributed by atoms with van der Waals surface area (Å²) in [6.45, 7) is 0. The number of carbonyl (C=O) groups is 2. The molecule has 0 unspecified atom stereocenters. The van der Waals surface area contributed by atoms with E-state index in [1.54, 1.807) is 0 Å². The number of aliphatic carboxylic acids is 1. The maximum atomic E-state index is 11.0. The molecule has 0 aliphatic heterocycles. The molecule has 0 aromatic carbocycles. The summed E-state index contributed by atoms with van der Waals surface area (Å²) in [7, 11) is 0.